The SMILES string of the molecule is CCC(C)(C)N(C)C(=O)CCCCC(=O)O. The van der Waals surface area contributed by atoms with Crippen LogP contribution in [0.15, 0.2) is 0 Å². The standard InChI is InChI=1S/C12H23NO3/c1-5-12(2,3)13(4)10(14)8-6-7-9-11(15)16/h5-9H2,1-4H3,(H,15,16). The summed E-state index contributed by atoms with van der Waals surface area (Å²) in [7, 11) is 1.81. The predicted octanol–water partition coefficient (Wildman–Crippen LogP) is 2.28. The highest BCUT2D eigenvalue weighted by Gasteiger charge is 2.24. The molecule has 0 aromatic carbocycles. The summed E-state index contributed by atoms with van der Waals surface area (Å²) in [6.45, 7) is 6.11. The van der Waals surface area contributed by atoms with Crippen LogP contribution in [0.5, 0.6) is 0 Å². The Bertz CT molecular complexity index is 249. The van der Waals surface area contributed by atoms with Gasteiger partial charge in [-0.15, -0.1) is 0 Å². The average Bonchev–Trinajstić information content (AvgIpc) is 2.22. The molecule has 0 aliphatic heterocycles. The molecule has 0 aliphatic rings. The van der Waals surface area contributed by atoms with E-state index in [1.54, 1.807) is 4.90 Å². The van der Waals surface area contributed by atoms with E-state index in [1.165, 1.54) is 0 Å². The molecule has 0 saturated heterocycles. The van der Waals surface area contributed by atoms with E-state index >= 15 is 0 Å². The molecule has 0 aromatic rings. The van der Waals surface area contributed by atoms with Crippen LogP contribution in [0.25, 0.3) is 0 Å². The molecular formula is C12H23NO3. The van der Waals surface area contributed by atoms with Crippen LogP contribution in [0.4, 0.5) is 0 Å². The number of hydrogen-bond donors (Lipinski definition) is 1. The van der Waals surface area contributed by atoms with Crippen LogP contribution >= 0.6 is 0 Å². The topological polar surface area (TPSA) is 57.6 Å². The molecule has 0 heterocycles. The molecule has 0 radical (unpaired) electrons. The first kappa shape index (κ1) is 14.9. The highest BCUT2D eigenvalue weighted by molar-refractivity contribution is 5.76. The lowest BCUT2D eigenvalue weighted by molar-refractivity contribution is -0.138. The van der Waals surface area contributed by atoms with Gasteiger partial charge in [0.25, 0.3) is 0 Å². The lowest BCUT2D eigenvalue weighted by Crippen LogP contribution is -2.44. The summed E-state index contributed by atoms with van der Waals surface area (Å²) in [5.74, 6) is -0.702. The fourth-order valence-corrected chi connectivity index (χ4v) is 1.29. The van der Waals surface area contributed by atoms with Crippen molar-refractivity contribution < 1.29 is 14.7 Å². The Balaban J connectivity index is 3.93. The Hall–Kier alpha value is -1.06. The summed E-state index contributed by atoms with van der Waals surface area (Å²) < 4.78 is 0. The lowest BCUT2D eigenvalue weighted by Gasteiger charge is -2.35. The number of carboxylic acids is 1. The molecular weight excluding hydrogens is 206 g/mol. The number of carbonyl (C=O) groups excluding carboxylic acids is 1. The van der Waals surface area contributed by atoms with Crippen LogP contribution < -0.4 is 0 Å². The van der Waals surface area contributed by atoms with Crippen molar-refractivity contribution in [3.8, 4) is 0 Å². The van der Waals surface area contributed by atoms with Gasteiger partial charge in [-0.3, -0.25) is 9.59 Å². The summed E-state index contributed by atoms with van der Waals surface area (Å²) in [6, 6.07) is 0. The number of carbonyl (C=O) groups is 2. The molecule has 0 atom stereocenters. The summed E-state index contributed by atoms with van der Waals surface area (Å²) in [4.78, 5) is 23.8. The van der Waals surface area contributed by atoms with Crippen molar-refractivity contribution in [2.75, 3.05) is 7.05 Å². The van der Waals surface area contributed by atoms with Gasteiger partial charge in [-0.25, -0.2) is 0 Å². The number of rotatable bonds is 7. The van der Waals surface area contributed by atoms with Crippen molar-refractivity contribution >= 4 is 11.9 Å². The number of hydrogen-bond acceptors (Lipinski definition) is 2. The Kier molecular flexibility index (Phi) is 6.08. The van der Waals surface area contributed by atoms with Crippen molar-refractivity contribution in [1.82, 2.24) is 4.90 Å². The summed E-state index contributed by atoms with van der Waals surface area (Å²) >= 11 is 0. The first-order chi connectivity index (χ1) is 7.31. The van der Waals surface area contributed by atoms with E-state index in [-0.39, 0.29) is 17.9 Å². The fourth-order valence-electron chi connectivity index (χ4n) is 1.29. The average molecular weight is 229 g/mol. The molecule has 0 saturated carbocycles. The van der Waals surface area contributed by atoms with E-state index in [1.807, 2.05) is 27.8 Å². The third-order valence-corrected chi connectivity index (χ3v) is 3.18. The maximum Gasteiger partial charge on any atom is 0.303 e. The van der Waals surface area contributed by atoms with Crippen LogP contribution in [0.1, 0.15) is 52.9 Å². The molecule has 1 N–H and O–H groups in total. The van der Waals surface area contributed by atoms with Crippen molar-refractivity contribution in [2.24, 2.45) is 0 Å². The molecule has 4 nitrogen and oxygen atoms in total. The van der Waals surface area contributed by atoms with E-state index in [0.29, 0.717) is 19.3 Å². The molecule has 1 amide bonds. The van der Waals surface area contributed by atoms with E-state index in [4.69, 9.17) is 5.11 Å². The zero-order chi connectivity index (χ0) is 12.8. The van der Waals surface area contributed by atoms with Gasteiger partial charge in [0.2, 0.25) is 5.91 Å². The Morgan fingerprint density at radius 2 is 1.69 bits per heavy atom. The van der Waals surface area contributed by atoms with Gasteiger partial charge in [0.05, 0.1) is 0 Å². The van der Waals surface area contributed by atoms with Gasteiger partial charge in [-0.1, -0.05) is 6.92 Å². The maximum atomic E-state index is 11.8. The van der Waals surface area contributed by atoms with Crippen LogP contribution in [0.3, 0.4) is 0 Å². The smallest absolute Gasteiger partial charge is 0.303 e. The lowest BCUT2D eigenvalue weighted by atomic mass is 9.99. The first-order valence-corrected chi connectivity index (χ1v) is 5.79. The van der Waals surface area contributed by atoms with Gasteiger partial charge in [0.1, 0.15) is 0 Å². The van der Waals surface area contributed by atoms with Gasteiger partial charge in [-0.2, -0.15) is 0 Å². The van der Waals surface area contributed by atoms with E-state index in [0.717, 1.165) is 6.42 Å². The van der Waals surface area contributed by atoms with Crippen LogP contribution in [-0.4, -0.2) is 34.5 Å². The molecule has 4 heteroatoms. The summed E-state index contributed by atoms with van der Waals surface area (Å²) in [6.07, 6.45) is 2.71. The summed E-state index contributed by atoms with van der Waals surface area (Å²) in [5, 5.41) is 8.46. The van der Waals surface area contributed by atoms with Crippen LogP contribution in [-0.2, 0) is 9.59 Å². The first-order valence-electron chi connectivity index (χ1n) is 5.79. The normalized spacial score (nSPS) is 11.2. The Morgan fingerprint density at radius 1 is 1.19 bits per heavy atom. The number of amides is 1. The number of carboxylic acid groups (broad SMARTS) is 1. The molecule has 0 rings (SSSR count). The monoisotopic (exact) mass is 229 g/mol. The highest BCUT2D eigenvalue weighted by Crippen LogP contribution is 2.18. The van der Waals surface area contributed by atoms with E-state index in [2.05, 4.69) is 0 Å². The van der Waals surface area contributed by atoms with Gasteiger partial charge in [-0.05, 0) is 33.1 Å². The summed E-state index contributed by atoms with van der Waals surface area (Å²) in [5.41, 5.74) is -0.121. The molecule has 0 bridgehead atoms. The largest absolute Gasteiger partial charge is 0.481 e. The van der Waals surface area contributed by atoms with Crippen molar-refractivity contribution in [3.05, 3.63) is 0 Å². The van der Waals surface area contributed by atoms with E-state index < -0.39 is 5.97 Å². The minimum Gasteiger partial charge on any atom is -0.481 e. The molecule has 0 spiro atoms. The molecule has 0 unspecified atom stereocenters. The van der Waals surface area contributed by atoms with Crippen LogP contribution in [0.2, 0.25) is 0 Å². The number of aliphatic carboxylic acids is 1. The molecule has 0 aromatic heterocycles. The van der Waals surface area contributed by atoms with Crippen molar-refractivity contribution in [1.29, 1.82) is 0 Å². The third-order valence-electron chi connectivity index (χ3n) is 3.18. The minimum atomic E-state index is -0.797. The van der Waals surface area contributed by atoms with Crippen LogP contribution in [0, 0.1) is 0 Å². The van der Waals surface area contributed by atoms with Gasteiger partial charge in [0, 0.05) is 25.4 Å². The molecule has 0 aliphatic carbocycles. The number of nitrogens with zero attached hydrogens (tertiary/aromatic N) is 1. The zero-order valence-corrected chi connectivity index (χ0v) is 10.7. The second kappa shape index (κ2) is 6.51. The molecule has 94 valence electrons. The highest BCUT2D eigenvalue weighted by atomic mass is 16.4. The third kappa shape index (κ3) is 5.14. The predicted molar refractivity (Wildman–Crippen MR) is 63.2 cm³/mol. The second-order valence-corrected chi connectivity index (χ2v) is 4.72. The second-order valence-electron chi connectivity index (χ2n) is 4.72. The zero-order valence-electron chi connectivity index (χ0n) is 10.7. The fraction of sp³-hybridized carbons (Fsp3) is 0.833. The minimum absolute atomic E-state index is 0.0947. The number of unbranched alkanes of at least 4 members (excludes halogenated alkanes) is 1. The Labute approximate surface area is 97.6 Å². The van der Waals surface area contributed by atoms with Gasteiger partial charge >= 0.3 is 5.97 Å². The molecule has 16 heavy (non-hydrogen) atoms. The quantitative estimate of drug-likeness (QED) is 0.681. The van der Waals surface area contributed by atoms with E-state index in [9.17, 15) is 9.59 Å². The van der Waals surface area contributed by atoms with Gasteiger partial charge < -0.3 is 10.0 Å². The van der Waals surface area contributed by atoms with Gasteiger partial charge in [0.15, 0.2) is 0 Å². The van der Waals surface area contributed by atoms with Crippen molar-refractivity contribution in [2.45, 2.75) is 58.4 Å². The van der Waals surface area contributed by atoms with Crippen molar-refractivity contribution in [3.63, 3.8) is 0 Å². The molecule has 0 fully saturated rings. The Morgan fingerprint density at radius 3 is 2.12 bits per heavy atom. The maximum absolute atomic E-state index is 11.8.